The number of rotatable bonds is 12. The van der Waals surface area contributed by atoms with Crippen LogP contribution in [-0.2, 0) is 32.2 Å². The molecular formula is C34H40N2O8. The Balaban J connectivity index is 1.35. The normalized spacial score (nSPS) is 19.7. The third-order valence-electron chi connectivity index (χ3n) is 8.12. The number of aliphatic hydroxyl groups is 1. The highest BCUT2D eigenvalue weighted by molar-refractivity contribution is 5.97. The maximum Gasteiger partial charge on any atom is 0.410 e. The summed E-state index contributed by atoms with van der Waals surface area (Å²) in [6, 6.07) is 22.9. The van der Waals surface area contributed by atoms with Crippen LogP contribution in [0.1, 0.15) is 29.0 Å². The SMILES string of the molecule is COCCCN1C(=O)COc2ccc(CO[C@H]3CN(C(=O)OCc4ccccc4)C[C@@H](CO)[C@@H]3c3ccc(OC)cc3)cc21. The van der Waals surface area contributed by atoms with E-state index in [0.717, 1.165) is 22.4 Å². The van der Waals surface area contributed by atoms with Gasteiger partial charge >= 0.3 is 6.09 Å². The molecule has 1 N–H and O–H groups in total. The van der Waals surface area contributed by atoms with Gasteiger partial charge in [0.1, 0.15) is 18.1 Å². The van der Waals surface area contributed by atoms with Gasteiger partial charge in [-0.3, -0.25) is 4.79 Å². The topological polar surface area (TPSA) is 107 Å². The maximum absolute atomic E-state index is 13.2. The van der Waals surface area contributed by atoms with Gasteiger partial charge in [0.2, 0.25) is 0 Å². The number of carbonyl (C=O) groups excluding carboxylic acids is 2. The molecule has 0 radical (unpaired) electrons. The summed E-state index contributed by atoms with van der Waals surface area (Å²) in [6.07, 6.45) is -0.192. The molecule has 3 aromatic carbocycles. The number of anilines is 1. The van der Waals surface area contributed by atoms with Crippen molar-refractivity contribution < 1.29 is 38.4 Å². The van der Waals surface area contributed by atoms with Gasteiger partial charge in [-0.05, 0) is 47.4 Å². The molecule has 5 rings (SSSR count). The number of methoxy groups -OCH3 is 2. The summed E-state index contributed by atoms with van der Waals surface area (Å²) in [5.74, 6) is 0.810. The van der Waals surface area contributed by atoms with E-state index in [1.54, 1.807) is 24.0 Å². The van der Waals surface area contributed by atoms with Crippen molar-refractivity contribution in [2.75, 3.05) is 58.6 Å². The smallest absolute Gasteiger partial charge is 0.410 e. The van der Waals surface area contributed by atoms with Crippen LogP contribution in [-0.4, -0.2) is 81.8 Å². The fourth-order valence-corrected chi connectivity index (χ4v) is 5.86. The van der Waals surface area contributed by atoms with Gasteiger partial charge in [-0.15, -0.1) is 0 Å². The van der Waals surface area contributed by atoms with Gasteiger partial charge in [-0.1, -0.05) is 48.5 Å². The van der Waals surface area contributed by atoms with Crippen molar-refractivity contribution in [1.29, 1.82) is 0 Å². The van der Waals surface area contributed by atoms with Crippen molar-refractivity contribution in [3.63, 3.8) is 0 Å². The molecule has 2 heterocycles. The number of fused-ring (bicyclic) bond motifs is 1. The zero-order chi connectivity index (χ0) is 30.9. The zero-order valence-corrected chi connectivity index (χ0v) is 25.2. The van der Waals surface area contributed by atoms with Crippen LogP contribution in [0.25, 0.3) is 0 Å². The van der Waals surface area contributed by atoms with Crippen molar-refractivity contribution in [1.82, 2.24) is 4.90 Å². The summed E-state index contributed by atoms with van der Waals surface area (Å²) in [4.78, 5) is 29.2. The van der Waals surface area contributed by atoms with Crippen LogP contribution in [0.3, 0.4) is 0 Å². The molecule has 3 aromatic rings. The average Bonchev–Trinajstić information content (AvgIpc) is 3.07. The summed E-state index contributed by atoms with van der Waals surface area (Å²) in [5.41, 5.74) is 3.44. The summed E-state index contributed by atoms with van der Waals surface area (Å²) in [5, 5.41) is 10.5. The van der Waals surface area contributed by atoms with Gasteiger partial charge in [0.05, 0.1) is 32.1 Å². The Bertz CT molecular complexity index is 1380. The van der Waals surface area contributed by atoms with Crippen LogP contribution in [0.5, 0.6) is 11.5 Å². The lowest BCUT2D eigenvalue weighted by molar-refractivity contribution is -0.121. The van der Waals surface area contributed by atoms with E-state index in [2.05, 4.69) is 0 Å². The van der Waals surface area contributed by atoms with Crippen LogP contribution in [0.15, 0.2) is 72.8 Å². The van der Waals surface area contributed by atoms with Crippen LogP contribution < -0.4 is 14.4 Å². The van der Waals surface area contributed by atoms with Crippen LogP contribution in [0, 0.1) is 5.92 Å². The Labute approximate surface area is 258 Å². The molecular weight excluding hydrogens is 564 g/mol. The van der Waals surface area contributed by atoms with Crippen molar-refractivity contribution in [2.24, 2.45) is 5.92 Å². The van der Waals surface area contributed by atoms with Gasteiger partial charge in [-0.25, -0.2) is 4.79 Å². The molecule has 2 aliphatic rings. The van der Waals surface area contributed by atoms with E-state index in [0.29, 0.717) is 37.6 Å². The Hall–Kier alpha value is -4.12. The summed E-state index contributed by atoms with van der Waals surface area (Å²) >= 11 is 0. The molecule has 234 valence electrons. The van der Waals surface area contributed by atoms with E-state index in [-0.39, 0.29) is 50.7 Å². The third kappa shape index (κ3) is 7.50. The first kappa shape index (κ1) is 31.3. The molecule has 3 atom stereocenters. The minimum atomic E-state index is -0.453. The first-order valence-electron chi connectivity index (χ1n) is 14.9. The lowest BCUT2D eigenvalue weighted by Crippen LogP contribution is -2.52. The largest absolute Gasteiger partial charge is 0.497 e. The maximum atomic E-state index is 13.2. The molecule has 0 saturated carbocycles. The minimum Gasteiger partial charge on any atom is -0.497 e. The Morgan fingerprint density at radius 2 is 1.77 bits per heavy atom. The van der Waals surface area contributed by atoms with Gasteiger partial charge in [0.25, 0.3) is 5.91 Å². The van der Waals surface area contributed by atoms with Crippen LogP contribution in [0.4, 0.5) is 10.5 Å². The van der Waals surface area contributed by atoms with E-state index in [1.807, 2.05) is 72.8 Å². The minimum absolute atomic E-state index is 0.000197. The van der Waals surface area contributed by atoms with Crippen molar-refractivity contribution >= 4 is 17.7 Å². The molecule has 1 saturated heterocycles. The predicted octanol–water partition coefficient (Wildman–Crippen LogP) is 4.39. The number of amides is 2. The number of hydrogen-bond acceptors (Lipinski definition) is 8. The first-order chi connectivity index (χ1) is 21.5. The monoisotopic (exact) mass is 604 g/mol. The number of likely N-dealkylation sites (tertiary alicyclic amines) is 1. The number of nitrogens with zero attached hydrogens (tertiary/aromatic N) is 2. The van der Waals surface area contributed by atoms with Crippen LogP contribution in [0.2, 0.25) is 0 Å². The van der Waals surface area contributed by atoms with Gasteiger partial charge < -0.3 is 38.6 Å². The number of carbonyl (C=O) groups is 2. The van der Waals surface area contributed by atoms with Gasteiger partial charge in [0, 0.05) is 45.2 Å². The lowest BCUT2D eigenvalue weighted by atomic mass is 9.79. The molecule has 10 heteroatoms. The Morgan fingerprint density at radius 1 is 0.977 bits per heavy atom. The zero-order valence-electron chi connectivity index (χ0n) is 25.2. The average molecular weight is 605 g/mol. The number of ether oxygens (including phenoxy) is 5. The quantitative estimate of drug-likeness (QED) is 0.304. The highest BCUT2D eigenvalue weighted by atomic mass is 16.6. The first-order valence-corrected chi connectivity index (χ1v) is 14.9. The molecule has 2 amide bonds. The second-order valence-electron chi connectivity index (χ2n) is 11.0. The molecule has 2 aliphatic heterocycles. The lowest BCUT2D eigenvalue weighted by Gasteiger charge is -2.43. The highest BCUT2D eigenvalue weighted by Gasteiger charge is 2.40. The molecule has 10 nitrogen and oxygen atoms in total. The van der Waals surface area contributed by atoms with E-state index in [9.17, 15) is 14.7 Å². The number of piperidine rings is 1. The summed E-state index contributed by atoms with van der Waals surface area (Å²) in [6.45, 7) is 1.95. The van der Waals surface area contributed by atoms with Crippen molar-refractivity contribution in [3.8, 4) is 11.5 Å². The summed E-state index contributed by atoms with van der Waals surface area (Å²) < 4.78 is 28.4. The number of hydrogen-bond donors (Lipinski definition) is 1. The molecule has 0 aliphatic carbocycles. The second kappa shape index (κ2) is 15.1. The Kier molecular flexibility index (Phi) is 10.7. The Morgan fingerprint density at radius 3 is 2.50 bits per heavy atom. The number of aliphatic hydroxyl groups excluding tert-OH is 1. The van der Waals surface area contributed by atoms with Crippen molar-refractivity contribution in [2.45, 2.75) is 31.7 Å². The fraction of sp³-hybridized carbons (Fsp3) is 0.412. The summed E-state index contributed by atoms with van der Waals surface area (Å²) in [7, 11) is 3.26. The van der Waals surface area contributed by atoms with E-state index >= 15 is 0 Å². The molecule has 0 spiro atoms. The second-order valence-corrected chi connectivity index (χ2v) is 11.0. The molecule has 44 heavy (non-hydrogen) atoms. The molecule has 1 fully saturated rings. The standard InChI is InChI=1S/C34H40N2O8/c1-40-16-6-15-36-29-17-25(9-14-30(29)43-23-32(36)38)22-42-31-19-35(34(39)44-21-24-7-4-3-5-8-24)18-27(20-37)33(31)26-10-12-28(41-2)13-11-26/h3-5,7-14,17,27,31,33,37H,6,15-16,18-23H2,1-2H3/t27-,31-,33-/m0/s1. The van der Waals surface area contributed by atoms with Crippen molar-refractivity contribution in [3.05, 3.63) is 89.5 Å². The van der Waals surface area contributed by atoms with E-state index in [1.165, 1.54) is 0 Å². The fourth-order valence-electron chi connectivity index (χ4n) is 5.86. The van der Waals surface area contributed by atoms with E-state index in [4.69, 9.17) is 23.7 Å². The van der Waals surface area contributed by atoms with Gasteiger partial charge in [0.15, 0.2) is 6.61 Å². The molecule has 0 bridgehead atoms. The van der Waals surface area contributed by atoms with Crippen LogP contribution >= 0.6 is 0 Å². The third-order valence-corrected chi connectivity index (χ3v) is 8.12. The molecule has 0 aromatic heterocycles. The molecule has 0 unspecified atom stereocenters. The van der Waals surface area contributed by atoms with Gasteiger partial charge in [-0.2, -0.15) is 0 Å². The number of benzene rings is 3. The predicted molar refractivity (Wildman–Crippen MR) is 164 cm³/mol. The highest BCUT2D eigenvalue weighted by Crippen LogP contribution is 2.38. The van der Waals surface area contributed by atoms with E-state index < -0.39 is 12.2 Å².